The summed E-state index contributed by atoms with van der Waals surface area (Å²) in [5.41, 5.74) is 0.626. The number of nitrogens with one attached hydrogen (secondary N) is 1. The molecule has 1 aliphatic rings. The highest BCUT2D eigenvalue weighted by Crippen LogP contribution is 2.35. The van der Waals surface area contributed by atoms with Crippen LogP contribution in [0.5, 0.6) is 0 Å². The molecular weight excluding hydrogens is 306 g/mol. The number of hydrogen-bond acceptors (Lipinski definition) is 4. The molecule has 0 bridgehead atoms. The van der Waals surface area contributed by atoms with E-state index in [1.54, 1.807) is 18.2 Å². The molecule has 2 unspecified atom stereocenters. The van der Waals surface area contributed by atoms with E-state index < -0.39 is 15.1 Å². The van der Waals surface area contributed by atoms with E-state index in [4.69, 9.17) is 5.11 Å². The van der Waals surface area contributed by atoms with Crippen LogP contribution in [0.15, 0.2) is 27.6 Å². The van der Waals surface area contributed by atoms with Gasteiger partial charge in [-0.1, -0.05) is 15.9 Å². The Morgan fingerprint density at radius 3 is 2.82 bits per heavy atom. The molecule has 0 saturated heterocycles. The molecule has 2 N–H and O–H groups in total. The molecule has 0 aliphatic carbocycles. The number of anilines is 1. The molecule has 0 saturated carbocycles. The van der Waals surface area contributed by atoms with Crippen molar-refractivity contribution < 1.29 is 13.5 Å². The lowest BCUT2D eigenvalue weighted by Crippen LogP contribution is -2.42. The van der Waals surface area contributed by atoms with Gasteiger partial charge in [0.1, 0.15) is 0 Å². The zero-order valence-corrected chi connectivity index (χ0v) is 11.8. The van der Waals surface area contributed by atoms with E-state index in [0.717, 1.165) is 4.47 Å². The first-order valence-electron chi connectivity index (χ1n) is 5.37. The third-order valence-electron chi connectivity index (χ3n) is 3.00. The first-order valence-corrected chi connectivity index (χ1v) is 7.71. The third-order valence-corrected chi connectivity index (χ3v) is 5.90. The van der Waals surface area contributed by atoms with Gasteiger partial charge in [-0.25, -0.2) is 8.42 Å². The van der Waals surface area contributed by atoms with Crippen molar-refractivity contribution in [1.82, 2.24) is 0 Å². The van der Waals surface area contributed by atoms with Gasteiger partial charge in [0.15, 0.2) is 9.84 Å². The monoisotopic (exact) mass is 319 g/mol. The van der Waals surface area contributed by atoms with Gasteiger partial charge in [0.05, 0.1) is 15.8 Å². The van der Waals surface area contributed by atoms with Gasteiger partial charge in [0.25, 0.3) is 0 Å². The number of benzene rings is 1. The zero-order valence-electron chi connectivity index (χ0n) is 9.35. The Morgan fingerprint density at radius 2 is 2.18 bits per heavy atom. The fourth-order valence-electron chi connectivity index (χ4n) is 2.17. The molecule has 1 aromatic rings. The van der Waals surface area contributed by atoms with Crippen molar-refractivity contribution in [3.05, 3.63) is 22.7 Å². The van der Waals surface area contributed by atoms with Gasteiger partial charge in [-0.3, -0.25) is 0 Å². The average molecular weight is 320 g/mol. The van der Waals surface area contributed by atoms with Crippen molar-refractivity contribution in [3.8, 4) is 0 Å². The maximum atomic E-state index is 12.3. The Balaban J connectivity index is 2.54. The predicted octanol–water partition coefficient (Wildman–Crippen LogP) is 1.79. The van der Waals surface area contributed by atoms with Crippen molar-refractivity contribution in [2.75, 3.05) is 11.9 Å². The molecule has 0 aromatic heterocycles. The van der Waals surface area contributed by atoms with Gasteiger partial charge < -0.3 is 10.4 Å². The standard InChI is InChI=1S/C11H14BrNO3S/c1-7-10(4-5-14)17(15,16)11-3-2-8(12)6-9(11)13-7/h2-3,6-7,10,13-14H,4-5H2,1H3. The summed E-state index contributed by atoms with van der Waals surface area (Å²) in [4.78, 5) is 0.317. The second-order valence-corrected chi connectivity index (χ2v) is 7.22. The molecular formula is C11H14BrNO3S. The maximum Gasteiger partial charge on any atom is 0.185 e. The Hall–Kier alpha value is -0.590. The molecule has 0 fully saturated rings. The summed E-state index contributed by atoms with van der Waals surface area (Å²) in [5.74, 6) is 0. The highest BCUT2D eigenvalue weighted by molar-refractivity contribution is 9.10. The highest BCUT2D eigenvalue weighted by atomic mass is 79.9. The largest absolute Gasteiger partial charge is 0.396 e. The number of halogens is 1. The highest BCUT2D eigenvalue weighted by Gasteiger charge is 2.37. The molecule has 0 radical (unpaired) electrons. The van der Waals surface area contributed by atoms with Gasteiger partial charge in [0, 0.05) is 17.1 Å². The van der Waals surface area contributed by atoms with E-state index >= 15 is 0 Å². The summed E-state index contributed by atoms with van der Waals surface area (Å²) >= 11 is 3.32. The van der Waals surface area contributed by atoms with Crippen LogP contribution in [0.3, 0.4) is 0 Å². The van der Waals surface area contributed by atoms with E-state index in [9.17, 15) is 8.42 Å². The second-order valence-electron chi connectivity index (χ2n) is 4.17. The molecule has 1 aromatic carbocycles. The van der Waals surface area contributed by atoms with Gasteiger partial charge in [-0.2, -0.15) is 0 Å². The van der Waals surface area contributed by atoms with Crippen molar-refractivity contribution in [2.45, 2.75) is 29.5 Å². The number of sulfone groups is 1. The molecule has 2 rings (SSSR count). The third kappa shape index (κ3) is 2.21. The van der Waals surface area contributed by atoms with E-state index in [0.29, 0.717) is 10.6 Å². The molecule has 0 amide bonds. The maximum absolute atomic E-state index is 12.3. The number of aliphatic hydroxyl groups excluding tert-OH is 1. The van der Waals surface area contributed by atoms with Gasteiger partial charge in [-0.05, 0) is 31.5 Å². The molecule has 17 heavy (non-hydrogen) atoms. The first-order chi connectivity index (χ1) is 7.96. The number of rotatable bonds is 2. The van der Waals surface area contributed by atoms with Crippen LogP contribution in [0.2, 0.25) is 0 Å². The van der Waals surface area contributed by atoms with Crippen LogP contribution in [0, 0.1) is 0 Å². The Bertz CT molecular complexity index is 530. The summed E-state index contributed by atoms with van der Waals surface area (Å²) in [6.07, 6.45) is 0.256. The molecule has 94 valence electrons. The van der Waals surface area contributed by atoms with Crippen LogP contribution in [0.4, 0.5) is 5.69 Å². The minimum absolute atomic E-state index is 0.123. The van der Waals surface area contributed by atoms with Crippen LogP contribution in [0.25, 0.3) is 0 Å². The number of fused-ring (bicyclic) bond motifs is 1. The van der Waals surface area contributed by atoms with Crippen LogP contribution in [0.1, 0.15) is 13.3 Å². The topological polar surface area (TPSA) is 66.4 Å². The van der Waals surface area contributed by atoms with Gasteiger partial charge in [0.2, 0.25) is 0 Å². The Morgan fingerprint density at radius 1 is 1.47 bits per heavy atom. The Labute approximate surface area is 109 Å². The van der Waals surface area contributed by atoms with Crippen molar-refractivity contribution in [3.63, 3.8) is 0 Å². The second kappa shape index (κ2) is 4.59. The summed E-state index contributed by atoms with van der Waals surface area (Å²) in [7, 11) is -3.35. The summed E-state index contributed by atoms with van der Waals surface area (Å²) in [6.45, 7) is 1.70. The predicted molar refractivity (Wildman–Crippen MR) is 69.9 cm³/mol. The van der Waals surface area contributed by atoms with Crippen LogP contribution in [-0.4, -0.2) is 31.4 Å². The van der Waals surface area contributed by atoms with Crippen LogP contribution >= 0.6 is 15.9 Å². The van der Waals surface area contributed by atoms with E-state index in [2.05, 4.69) is 21.2 Å². The lowest BCUT2D eigenvalue weighted by molar-refractivity contribution is 0.282. The van der Waals surface area contributed by atoms with E-state index in [1.807, 2.05) is 6.92 Å². The van der Waals surface area contributed by atoms with Crippen molar-refractivity contribution in [2.24, 2.45) is 0 Å². The van der Waals surface area contributed by atoms with Gasteiger partial charge >= 0.3 is 0 Å². The van der Waals surface area contributed by atoms with E-state index in [-0.39, 0.29) is 19.1 Å². The van der Waals surface area contributed by atoms with Crippen molar-refractivity contribution >= 4 is 31.5 Å². The molecule has 1 aliphatic heterocycles. The lowest BCUT2D eigenvalue weighted by atomic mass is 10.1. The molecule has 0 spiro atoms. The molecule has 6 heteroatoms. The fourth-order valence-corrected chi connectivity index (χ4v) is 4.56. The minimum atomic E-state index is -3.35. The summed E-state index contributed by atoms with van der Waals surface area (Å²) in [6, 6.07) is 4.87. The Kier molecular flexibility index (Phi) is 3.47. The molecule has 1 heterocycles. The van der Waals surface area contributed by atoms with Crippen LogP contribution in [-0.2, 0) is 9.84 Å². The quantitative estimate of drug-likeness (QED) is 0.872. The summed E-state index contributed by atoms with van der Waals surface area (Å²) in [5, 5.41) is 11.6. The normalized spacial score (nSPS) is 26.1. The first kappa shape index (κ1) is 12.9. The SMILES string of the molecule is CC1Nc2cc(Br)ccc2S(=O)(=O)C1CCO. The minimum Gasteiger partial charge on any atom is -0.396 e. The van der Waals surface area contributed by atoms with Gasteiger partial charge in [-0.15, -0.1) is 0 Å². The fraction of sp³-hybridized carbons (Fsp3) is 0.455. The summed E-state index contributed by atoms with van der Waals surface area (Å²) < 4.78 is 25.5. The molecule has 4 nitrogen and oxygen atoms in total. The number of aliphatic hydroxyl groups is 1. The van der Waals surface area contributed by atoms with E-state index in [1.165, 1.54) is 0 Å². The number of hydrogen-bond donors (Lipinski definition) is 2. The van der Waals surface area contributed by atoms with Crippen molar-refractivity contribution in [1.29, 1.82) is 0 Å². The zero-order chi connectivity index (χ0) is 12.6. The lowest BCUT2D eigenvalue weighted by Gasteiger charge is -2.32. The smallest absolute Gasteiger partial charge is 0.185 e. The molecule has 2 atom stereocenters. The van der Waals surface area contributed by atoms with Crippen LogP contribution < -0.4 is 5.32 Å². The average Bonchev–Trinajstić information content (AvgIpc) is 2.23.